The van der Waals surface area contributed by atoms with Crippen LogP contribution < -0.4 is 0 Å². The molecule has 96 valence electrons. The van der Waals surface area contributed by atoms with E-state index in [4.69, 9.17) is 4.74 Å². The number of phenols is 1. The van der Waals surface area contributed by atoms with Crippen LogP contribution in [0.2, 0.25) is 0 Å². The zero-order valence-corrected chi connectivity index (χ0v) is 10.5. The van der Waals surface area contributed by atoms with E-state index in [1.54, 1.807) is 6.07 Å². The first-order valence-electron chi connectivity index (χ1n) is 6.34. The van der Waals surface area contributed by atoms with Crippen molar-refractivity contribution in [2.75, 3.05) is 6.61 Å². The van der Waals surface area contributed by atoms with Gasteiger partial charge in [-0.15, -0.1) is 0 Å². The van der Waals surface area contributed by atoms with Crippen LogP contribution in [0, 0.1) is 0 Å². The van der Waals surface area contributed by atoms with Crippen LogP contribution in [-0.2, 0) is 11.2 Å². The van der Waals surface area contributed by atoms with E-state index in [9.17, 15) is 5.11 Å². The van der Waals surface area contributed by atoms with E-state index in [1.807, 2.05) is 36.4 Å². The lowest BCUT2D eigenvalue weighted by Crippen LogP contribution is -2.03. The van der Waals surface area contributed by atoms with Crippen LogP contribution in [0.1, 0.15) is 17.2 Å². The van der Waals surface area contributed by atoms with Crippen molar-refractivity contribution in [3.8, 4) is 5.75 Å². The molecule has 0 saturated carbocycles. The van der Waals surface area contributed by atoms with Crippen molar-refractivity contribution < 1.29 is 9.84 Å². The highest BCUT2D eigenvalue weighted by Gasteiger charge is 2.20. The van der Waals surface area contributed by atoms with Crippen molar-refractivity contribution in [2.45, 2.75) is 12.5 Å². The van der Waals surface area contributed by atoms with Gasteiger partial charge in [0.1, 0.15) is 18.4 Å². The van der Waals surface area contributed by atoms with Gasteiger partial charge in [0, 0.05) is 5.56 Å². The highest BCUT2D eigenvalue weighted by atomic mass is 16.5. The number of aromatic hydroxyl groups is 1. The largest absolute Gasteiger partial charge is 0.508 e. The van der Waals surface area contributed by atoms with E-state index in [0.717, 1.165) is 11.1 Å². The molecular formula is C16H15NO2. The number of rotatable bonds is 3. The summed E-state index contributed by atoms with van der Waals surface area (Å²) in [6, 6.07) is 17.5. The molecule has 0 amide bonds. The Morgan fingerprint density at radius 3 is 2.58 bits per heavy atom. The number of aliphatic imine (C=N–C) groups is 1. The minimum atomic E-state index is 0.0713. The Balaban J connectivity index is 1.76. The zero-order chi connectivity index (χ0) is 13.1. The number of benzene rings is 2. The molecule has 1 aliphatic rings. The molecule has 1 heterocycles. The van der Waals surface area contributed by atoms with Crippen LogP contribution >= 0.6 is 0 Å². The summed E-state index contributed by atoms with van der Waals surface area (Å²) in [6.45, 7) is 0.576. The third-order valence-electron chi connectivity index (χ3n) is 3.23. The van der Waals surface area contributed by atoms with Gasteiger partial charge in [-0.3, -0.25) is 0 Å². The van der Waals surface area contributed by atoms with Crippen LogP contribution in [-0.4, -0.2) is 17.6 Å². The van der Waals surface area contributed by atoms with Gasteiger partial charge in [-0.2, -0.15) is 0 Å². The molecule has 0 spiro atoms. The third kappa shape index (κ3) is 2.60. The number of phenolic OH excluding ortho intramolecular Hbond substituents is 1. The summed E-state index contributed by atoms with van der Waals surface area (Å²) < 4.78 is 5.62. The molecule has 2 aromatic carbocycles. The van der Waals surface area contributed by atoms with Gasteiger partial charge in [0.2, 0.25) is 0 Å². The van der Waals surface area contributed by atoms with Gasteiger partial charge in [-0.1, -0.05) is 48.5 Å². The fourth-order valence-corrected chi connectivity index (χ4v) is 2.19. The van der Waals surface area contributed by atoms with E-state index in [0.29, 0.717) is 18.9 Å². The normalized spacial score (nSPS) is 17.9. The molecule has 1 N–H and O–H groups in total. The zero-order valence-electron chi connectivity index (χ0n) is 10.5. The summed E-state index contributed by atoms with van der Waals surface area (Å²) in [4.78, 5) is 4.58. The summed E-state index contributed by atoms with van der Waals surface area (Å²) in [5.74, 6) is 0.979. The second-order valence-corrected chi connectivity index (χ2v) is 4.57. The summed E-state index contributed by atoms with van der Waals surface area (Å²) in [5.41, 5.74) is 2.00. The molecule has 3 rings (SSSR count). The third-order valence-corrected chi connectivity index (χ3v) is 3.23. The van der Waals surface area contributed by atoms with Crippen molar-refractivity contribution in [3.63, 3.8) is 0 Å². The smallest absolute Gasteiger partial charge is 0.188 e. The Kier molecular flexibility index (Phi) is 3.19. The van der Waals surface area contributed by atoms with E-state index >= 15 is 0 Å². The lowest BCUT2D eigenvalue weighted by molar-refractivity contribution is 0.313. The molecule has 3 nitrogen and oxygen atoms in total. The SMILES string of the molecule is Oc1ccccc1CC1=N[C@@H](c2ccccc2)CO1. The molecule has 0 saturated heterocycles. The predicted octanol–water partition coefficient (Wildman–Crippen LogP) is 3.10. The maximum Gasteiger partial charge on any atom is 0.188 e. The highest BCUT2D eigenvalue weighted by molar-refractivity contribution is 5.81. The Labute approximate surface area is 112 Å². The summed E-state index contributed by atoms with van der Waals surface area (Å²) in [5, 5.41) is 9.74. The highest BCUT2D eigenvalue weighted by Crippen LogP contribution is 2.25. The van der Waals surface area contributed by atoms with Gasteiger partial charge in [0.15, 0.2) is 5.90 Å². The van der Waals surface area contributed by atoms with Crippen LogP contribution in [0.25, 0.3) is 0 Å². The minimum absolute atomic E-state index is 0.0713. The van der Waals surface area contributed by atoms with Crippen molar-refractivity contribution in [1.29, 1.82) is 0 Å². The van der Waals surface area contributed by atoms with E-state index < -0.39 is 0 Å². The number of hydrogen-bond acceptors (Lipinski definition) is 3. The molecule has 0 aliphatic carbocycles. The molecular weight excluding hydrogens is 238 g/mol. The lowest BCUT2D eigenvalue weighted by atomic mass is 10.1. The number of ether oxygens (including phenoxy) is 1. The Bertz CT molecular complexity index is 593. The van der Waals surface area contributed by atoms with Crippen molar-refractivity contribution in [2.24, 2.45) is 4.99 Å². The van der Waals surface area contributed by atoms with Gasteiger partial charge in [-0.05, 0) is 11.6 Å². The molecule has 19 heavy (non-hydrogen) atoms. The fraction of sp³-hybridized carbons (Fsp3) is 0.188. The first-order chi connectivity index (χ1) is 9.33. The summed E-state index contributed by atoms with van der Waals surface area (Å²) in [7, 11) is 0. The van der Waals surface area contributed by atoms with Crippen LogP contribution in [0.15, 0.2) is 59.6 Å². The Morgan fingerprint density at radius 1 is 1.05 bits per heavy atom. The molecule has 2 aromatic rings. The second kappa shape index (κ2) is 5.14. The van der Waals surface area contributed by atoms with Gasteiger partial charge in [-0.25, -0.2) is 4.99 Å². The average molecular weight is 253 g/mol. The van der Waals surface area contributed by atoms with E-state index in [1.165, 1.54) is 0 Å². The average Bonchev–Trinajstić information content (AvgIpc) is 2.91. The lowest BCUT2D eigenvalue weighted by Gasteiger charge is -2.03. The predicted molar refractivity (Wildman–Crippen MR) is 74.4 cm³/mol. The van der Waals surface area contributed by atoms with Gasteiger partial charge < -0.3 is 9.84 Å². The minimum Gasteiger partial charge on any atom is -0.508 e. The molecule has 0 fully saturated rings. The van der Waals surface area contributed by atoms with Crippen molar-refractivity contribution in [1.82, 2.24) is 0 Å². The van der Waals surface area contributed by atoms with Crippen molar-refractivity contribution in [3.05, 3.63) is 65.7 Å². The maximum absolute atomic E-state index is 9.74. The molecule has 0 radical (unpaired) electrons. The van der Waals surface area contributed by atoms with Gasteiger partial charge >= 0.3 is 0 Å². The fourth-order valence-electron chi connectivity index (χ4n) is 2.19. The molecule has 1 aliphatic heterocycles. The Morgan fingerprint density at radius 2 is 1.79 bits per heavy atom. The molecule has 0 aromatic heterocycles. The summed E-state index contributed by atoms with van der Waals surface area (Å²) >= 11 is 0. The van der Waals surface area contributed by atoms with Crippen molar-refractivity contribution >= 4 is 5.90 Å². The van der Waals surface area contributed by atoms with Gasteiger partial charge in [0.05, 0.1) is 6.42 Å². The maximum atomic E-state index is 9.74. The number of para-hydroxylation sites is 1. The molecule has 3 heteroatoms. The topological polar surface area (TPSA) is 41.8 Å². The number of hydrogen-bond donors (Lipinski definition) is 1. The van der Waals surface area contributed by atoms with Gasteiger partial charge in [0.25, 0.3) is 0 Å². The second-order valence-electron chi connectivity index (χ2n) is 4.57. The van der Waals surface area contributed by atoms with Crippen LogP contribution in [0.4, 0.5) is 0 Å². The first kappa shape index (κ1) is 11.8. The van der Waals surface area contributed by atoms with E-state index in [-0.39, 0.29) is 11.8 Å². The van der Waals surface area contributed by atoms with Crippen LogP contribution in [0.5, 0.6) is 5.75 Å². The monoisotopic (exact) mass is 253 g/mol. The molecule has 1 atom stereocenters. The standard InChI is InChI=1S/C16H15NO2/c18-15-9-5-4-8-13(15)10-16-17-14(11-19-16)12-6-2-1-3-7-12/h1-9,14,18H,10-11H2/t14-/m1/s1. The first-order valence-corrected chi connectivity index (χ1v) is 6.34. The summed E-state index contributed by atoms with van der Waals surface area (Å²) in [6.07, 6.45) is 0.538. The molecule has 0 unspecified atom stereocenters. The van der Waals surface area contributed by atoms with E-state index in [2.05, 4.69) is 17.1 Å². The number of nitrogens with zero attached hydrogens (tertiary/aromatic N) is 1. The Hall–Kier alpha value is -2.29. The van der Waals surface area contributed by atoms with Crippen LogP contribution in [0.3, 0.4) is 0 Å². The quantitative estimate of drug-likeness (QED) is 0.913. The molecule has 0 bridgehead atoms.